The van der Waals surface area contributed by atoms with Gasteiger partial charge in [0, 0.05) is 13.0 Å². The molecule has 0 heterocycles. The quantitative estimate of drug-likeness (QED) is 0.0383. The molecule has 0 aliphatic heterocycles. The van der Waals surface area contributed by atoms with E-state index >= 15 is 0 Å². The van der Waals surface area contributed by atoms with Crippen LogP contribution in [0.3, 0.4) is 0 Å². The van der Waals surface area contributed by atoms with Crippen LogP contribution in [0.1, 0.15) is 258 Å². The van der Waals surface area contributed by atoms with Crippen LogP contribution in [0.4, 0.5) is 0 Å². The molecule has 0 aliphatic carbocycles. The summed E-state index contributed by atoms with van der Waals surface area (Å²) in [6, 6.07) is 0. The number of ether oxygens (including phenoxy) is 2. The number of hydrogen-bond donors (Lipinski definition) is 1. The van der Waals surface area contributed by atoms with Gasteiger partial charge in [0.05, 0.1) is 13.2 Å². The van der Waals surface area contributed by atoms with Crippen LogP contribution in [-0.4, -0.2) is 37.0 Å². The zero-order valence-corrected chi connectivity index (χ0v) is 36.1. The number of aliphatic hydroxyl groups excluding tert-OH is 1. The van der Waals surface area contributed by atoms with E-state index in [1.807, 2.05) is 0 Å². The maximum atomic E-state index is 12.2. The van der Waals surface area contributed by atoms with E-state index in [0.29, 0.717) is 19.6 Å². The van der Waals surface area contributed by atoms with Crippen LogP contribution < -0.4 is 0 Å². The molecule has 0 saturated heterocycles. The van der Waals surface area contributed by atoms with Gasteiger partial charge < -0.3 is 14.6 Å². The molecule has 0 bridgehead atoms. The third-order valence-corrected chi connectivity index (χ3v) is 10.8. The maximum Gasteiger partial charge on any atom is 0.306 e. The Labute approximate surface area is 332 Å². The Bertz CT molecular complexity index is 747. The summed E-state index contributed by atoms with van der Waals surface area (Å²) in [5.74, 6) is -0.199. The zero-order chi connectivity index (χ0) is 38.4. The van der Waals surface area contributed by atoms with E-state index in [2.05, 4.69) is 38.2 Å². The van der Waals surface area contributed by atoms with E-state index in [1.165, 1.54) is 212 Å². The molecule has 314 valence electrons. The van der Waals surface area contributed by atoms with Crippen molar-refractivity contribution in [2.24, 2.45) is 0 Å². The molecule has 0 aromatic carbocycles. The van der Waals surface area contributed by atoms with Gasteiger partial charge in [0.25, 0.3) is 0 Å². The van der Waals surface area contributed by atoms with Gasteiger partial charge in [-0.25, -0.2) is 0 Å². The average Bonchev–Trinajstić information content (AvgIpc) is 3.16. The van der Waals surface area contributed by atoms with Crippen LogP contribution in [0.5, 0.6) is 0 Å². The fourth-order valence-electron chi connectivity index (χ4n) is 7.18. The molecule has 4 nitrogen and oxygen atoms in total. The van der Waals surface area contributed by atoms with Crippen LogP contribution in [0.2, 0.25) is 0 Å². The van der Waals surface area contributed by atoms with E-state index in [9.17, 15) is 9.90 Å². The molecule has 1 atom stereocenters. The molecule has 0 aromatic rings. The minimum Gasteiger partial charge on any atom is -0.457 e. The molecular formula is C49H94O4. The molecular weight excluding hydrogens is 653 g/mol. The fourth-order valence-corrected chi connectivity index (χ4v) is 7.18. The van der Waals surface area contributed by atoms with Gasteiger partial charge in [-0.05, 0) is 44.9 Å². The Balaban J connectivity index is 3.37. The number of carbonyl (C=O) groups is 1. The number of aliphatic hydroxyl groups is 1. The van der Waals surface area contributed by atoms with Crippen LogP contribution in [0.15, 0.2) is 24.3 Å². The van der Waals surface area contributed by atoms with Gasteiger partial charge >= 0.3 is 5.97 Å². The predicted octanol–water partition coefficient (Wildman–Crippen LogP) is 15.9. The van der Waals surface area contributed by atoms with Crippen molar-refractivity contribution in [1.82, 2.24) is 0 Å². The van der Waals surface area contributed by atoms with Crippen LogP contribution in [0.25, 0.3) is 0 Å². The average molecular weight is 747 g/mol. The maximum absolute atomic E-state index is 12.2. The molecule has 1 N–H and O–H groups in total. The summed E-state index contributed by atoms with van der Waals surface area (Å²) in [5, 5.41) is 9.62. The highest BCUT2D eigenvalue weighted by atomic mass is 16.6. The Kier molecular flexibility index (Phi) is 46.0. The van der Waals surface area contributed by atoms with Crippen LogP contribution >= 0.6 is 0 Å². The van der Waals surface area contributed by atoms with Gasteiger partial charge in [0.15, 0.2) is 0 Å². The number of hydrogen-bond acceptors (Lipinski definition) is 4. The third-order valence-electron chi connectivity index (χ3n) is 10.8. The highest BCUT2D eigenvalue weighted by Gasteiger charge is 2.13. The lowest BCUT2D eigenvalue weighted by Crippen LogP contribution is -2.27. The van der Waals surface area contributed by atoms with Crippen molar-refractivity contribution in [3.8, 4) is 0 Å². The third kappa shape index (κ3) is 45.2. The minimum absolute atomic E-state index is 0.172. The second kappa shape index (κ2) is 47.0. The molecule has 0 amide bonds. The smallest absolute Gasteiger partial charge is 0.306 e. The van der Waals surface area contributed by atoms with E-state index in [4.69, 9.17) is 9.47 Å². The first kappa shape index (κ1) is 51.9. The van der Waals surface area contributed by atoms with E-state index in [-0.39, 0.29) is 12.6 Å². The number of rotatable bonds is 45. The topological polar surface area (TPSA) is 55.8 Å². The lowest BCUT2D eigenvalue weighted by Gasteiger charge is -2.15. The summed E-state index contributed by atoms with van der Waals surface area (Å²) in [6.45, 7) is 5.35. The molecule has 0 fully saturated rings. The van der Waals surface area contributed by atoms with Crippen molar-refractivity contribution in [2.75, 3.05) is 19.8 Å². The number of unbranched alkanes of at least 4 members (excludes halogenated alkanes) is 33. The SMILES string of the molecule is CCCCCC/C=C\C/C=C\CCCCCCCCOCC(CO)OC(=O)CCCCCCCCCCCCCCCCCCCCCCCCCC. The summed E-state index contributed by atoms with van der Waals surface area (Å²) in [4.78, 5) is 12.2. The summed E-state index contributed by atoms with van der Waals surface area (Å²) in [6.07, 6.45) is 58.3. The van der Waals surface area contributed by atoms with E-state index < -0.39 is 6.10 Å². The lowest BCUT2D eigenvalue weighted by molar-refractivity contribution is -0.154. The Hall–Kier alpha value is -1.13. The van der Waals surface area contributed by atoms with Crippen molar-refractivity contribution in [3.05, 3.63) is 24.3 Å². The van der Waals surface area contributed by atoms with Gasteiger partial charge in [-0.15, -0.1) is 0 Å². The van der Waals surface area contributed by atoms with Gasteiger partial charge in [0.1, 0.15) is 6.10 Å². The van der Waals surface area contributed by atoms with Gasteiger partial charge in [-0.1, -0.05) is 231 Å². The summed E-state index contributed by atoms with van der Waals surface area (Å²) >= 11 is 0. The molecule has 1 unspecified atom stereocenters. The van der Waals surface area contributed by atoms with Crippen molar-refractivity contribution >= 4 is 5.97 Å². The molecule has 53 heavy (non-hydrogen) atoms. The monoisotopic (exact) mass is 747 g/mol. The number of carbonyl (C=O) groups excluding carboxylic acids is 1. The highest BCUT2D eigenvalue weighted by molar-refractivity contribution is 5.69. The predicted molar refractivity (Wildman–Crippen MR) is 233 cm³/mol. The molecule has 0 aliphatic rings. The Morgan fingerprint density at radius 1 is 0.453 bits per heavy atom. The fraction of sp³-hybridized carbons (Fsp3) is 0.898. The Morgan fingerprint density at radius 3 is 1.19 bits per heavy atom. The van der Waals surface area contributed by atoms with E-state index in [1.54, 1.807) is 0 Å². The highest BCUT2D eigenvalue weighted by Crippen LogP contribution is 2.16. The summed E-state index contributed by atoms with van der Waals surface area (Å²) in [5.41, 5.74) is 0. The normalized spacial score (nSPS) is 12.4. The standard InChI is InChI=1S/C49H94O4/c1-3-5-7-9-11-13-15-17-19-21-22-23-24-25-26-27-28-30-32-34-36-38-40-42-44-49(51)53-48(46-50)47-52-45-43-41-39-37-35-33-31-29-20-18-16-14-12-10-8-6-4-2/h14,16,20,29,48,50H,3-13,15,17-19,21-28,30-47H2,1-2H3/b16-14-,29-20-. The van der Waals surface area contributed by atoms with Gasteiger partial charge in [-0.2, -0.15) is 0 Å². The molecule has 4 heteroatoms. The number of esters is 1. The zero-order valence-electron chi connectivity index (χ0n) is 36.1. The van der Waals surface area contributed by atoms with E-state index in [0.717, 1.165) is 25.7 Å². The second-order valence-corrected chi connectivity index (χ2v) is 16.2. The first-order chi connectivity index (χ1) is 26.2. The Morgan fingerprint density at radius 2 is 0.792 bits per heavy atom. The lowest BCUT2D eigenvalue weighted by atomic mass is 10.0. The van der Waals surface area contributed by atoms with Crippen molar-refractivity contribution in [2.45, 2.75) is 264 Å². The summed E-state index contributed by atoms with van der Waals surface area (Å²) in [7, 11) is 0. The second-order valence-electron chi connectivity index (χ2n) is 16.2. The molecule has 0 rings (SSSR count). The van der Waals surface area contributed by atoms with Crippen LogP contribution in [-0.2, 0) is 14.3 Å². The molecule has 0 aromatic heterocycles. The molecule has 0 spiro atoms. The van der Waals surface area contributed by atoms with Crippen molar-refractivity contribution in [3.63, 3.8) is 0 Å². The largest absolute Gasteiger partial charge is 0.457 e. The van der Waals surface area contributed by atoms with Crippen molar-refractivity contribution < 1.29 is 19.4 Å². The number of allylic oxidation sites excluding steroid dienone is 4. The minimum atomic E-state index is -0.536. The summed E-state index contributed by atoms with van der Waals surface area (Å²) < 4.78 is 11.2. The van der Waals surface area contributed by atoms with Crippen LogP contribution in [0, 0.1) is 0 Å². The van der Waals surface area contributed by atoms with Crippen molar-refractivity contribution in [1.29, 1.82) is 0 Å². The van der Waals surface area contributed by atoms with Gasteiger partial charge in [-0.3, -0.25) is 4.79 Å². The molecule has 0 saturated carbocycles. The van der Waals surface area contributed by atoms with Gasteiger partial charge in [0.2, 0.25) is 0 Å². The first-order valence-electron chi connectivity index (χ1n) is 23.9. The first-order valence-corrected chi connectivity index (χ1v) is 23.9. The molecule has 0 radical (unpaired) electrons.